The van der Waals surface area contributed by atoms with Crippen LogP contribution >= 0.6 is 11.6 Å². The predicted octanol–water partition coefficient (Wildman–Crippen LogP) is 3.90. The van der Waals surface area contributed by atoms with E-state index in [0.29, 0.717) is 16.3 Å². The lowest BCUT2D eigenvalue weighted by Crippen LogP contribution is -2.15. The molecule has 2 rings (SSSR count). The van der Waals surface area contributed by atoms with Gasteiger partial charge in [0.2, 0.25) is 10.0 Å². The Labute approximate surface area is 124 Å². The molecule has 0 amide bonds. The van der Waals surface area contributed by atoms with E-state index < -0.39 is 10.0 Å². The van der Waals surface area contributed by atoms with Gasteiger partial charge < -0.3 is 0 Å². The van der Waals surface area contributed by atoms with Gasteiger partial charge in [0.25, 0.3) is 0 Å². The van der Waals surface area contributed by atoms with Crippen LogP contribution in [0.25, 0.3) is 0 Å². The molecule has 0 saturated heterocycles. The first-order valence-corrected chi connectivity index (χ1v) is 8.21. The third-order valence-electron chi connectivity index (χ3n) is 2.93. The Balaban J connectivity index is 2.19. The summed E-state index contributed by atoms with van der Waals surface area (Å²) in [6, 6.07) is 12.5. The fraction of sp³-hybridized carbons (Fsp3) is 0.200. The van der Waals surface area contributed by atoms with Gasteiger partial charge >= 0.3 is 0 Å². The zero-order valence-corrected chi connectivity index (χ0v) is 12.9. The molecule has 5 heteroatoms. The van der Waals surface area contributed by atoms with Crippen molar-refractivity contribution in [3.8, 4) is 0 Å². The molecule has 0 aromatic heterocycles. The maximum Gasteiger partial charge on any atom is 0.236 e. The number of hydrogen-bond donors (Lipinski definition) is 1. The van der Waals surface area contributed by atoms with Crippen LogP contribution < -0.4 is 4.72 Å². The van der Waals surface area contributed by atoms with Crippen molar-refractivity contribution in [3.63, 3.8) is 0 Å². The van der Waals surface area contributed by atoms with Gasteiger partial charge in [0.1, 0.15) is 0 Å². The Morgan fingerprint density at radius 1 is 1.05 bits per heavy atom. The summed E-state index contributed by atoms with van der Waals surface area (Å²) in [5.41, 5.74) is 3.24. The smallest absolute Gasteiger partial charge is 0.236 e. The van der Waals surface area contributed by atoms with Crippen molar-refractivity contribution < 1.29 is 8.42 Å². The molecule has 0 aliphatic carbocycles. The van der Waals surface area contributed by atoms with Gasteiger partial charge in [0.05, 0.1) is 11.4 Å². The molecule has 0 bridgehead atoms. The first kappa shape index (κ1) is 14.9. The summed E-state index contributed by atoms with van der Waals surface area (Å²) in [5.74, 6) is -0.0719. The molecular formula is C15H16ClNO2S. The normalized spacial score (nSPS) is 11.3. The second kappa shape index (κ2) is 5.85. The van der Waals surface area contributed by atoms with Gasteiger partial charge in [-0.1, -0.05) is 35.9 Å². The number of rotatable bonds is 4. The van der Waals surface area contributed by atoms with E-state index in [2.05, 4.69) is 4.72 Å². The Hall–Kier alpha value is -1.52. The van der Waals surface area contributed by atoms with Crippen molar-refractivity contribution in [3.05, 3.63) is 64.2 Å². The molecule has 0 spiro atoms. The van der Waals surface area contributed by atoms with Crippen molar-refractivity contribution in [2.45, 2.75) is 19.6 Å². The minimum atomic E-state index is -3.43. The molecule has 20 heavy (non-hydrogen) atoms. The topological polar surface area (TPSA) is 46.2 Å². The van der Waals surface area contributed by atoms with Crippen LogP contribution in [0, 0.1) is 13.8 Å². The van der Waals surface area contributed by atoms with E-state index in [0.717, 1.165) is 11.1 Å². The number of benzene rings is 2. The van der Waals surface area contributed by atoms with Gasteiger partial charge in [-0.15, -0.1) is 0 Å². The number of halogens is 1. The third-order valence-corrected chi connectivity index (χ3v) is 4.42. The highest BCUT2D eigenvalue weighted by Gasteiger charge is 2.13. The van der Waals surface area contributed by atoms with Gasteiger partial charge in [-0.25, -0.2) is 8.42 Å². The van der Waals surface area contributed by atoms with Gasteiger partial charge in [-0.3, -0.25) is 4.72 Å². The fourth-order valence-electron chi connectivity index (χ4n) is 1.85. The Kier molecular flexibility index (Phi) is 4.35. The van der Waals surface area contributed by atoms with Crippen LogP contribution in [0.5, 0.6) is 0 Å². The summed E-state index contributed by atoms with van der Waals surface area (Å²) < 4.78 is 27.0. The molecule has 0 saturated carbocycles. The summed E-state index contributed by atoms with van der Waals surface area (Å²) in [5, 5.41) is 0.591. The van der Waals surface area contributed by atoms with Crippen LogP contribution in [0.2, 0.25) is 5.02 Å². The first-order chi connectivity index (χ1) is 9.35. The summed E-state index contributed by atoms with van der Waals surface area (Å²) >= 11 is 5.79. The predicted molar refractivity (Wildman–Crippen MR) is 83.6 cm³/mol. The molecular weight excluding hydrogens is 294 g/mol. The summed E-state index contributed by atoms with van der Waals surface area (Å²) in [6.07, 6.45) is 0. The Bertz CT molecular complexity index is 709. The van der Waals surface area contributed by atoms with Crippen molar-refractivity contribution >= 4 is 27.3 Å². The zero-order valence-electron chi connectivity index (χ0n) is 11.4. The van der Waals surface area contributed by atoms with Crippen LogP contribution in [-0.4, -0.2) is 8.42 Å². The van der Waals surface area contributed by atoms with E-state index in [9.17, 15) is 8.42 Å². The van der Waals surface area contributed by atoms with E-state index >= 15 is 0 Å². The van der Waals surface area contributed by atoms with Crippen LogP contribution in [0.3, 0.4) is 0 Å². The van der Waals surface area contributed by atoms with Crippen molar-refractivity contribution in [1.82, 2.24) is 0 Å². The molecule has 3 nitrogen and oxygen atoms in total. The highest BCUT2D eigenvalue weighted by molar-refractivity contribution is 7.91. The summed E-state index contributed by atoms with van der Waals surface area (Å²) in [7, 11) is -3.43. The maximum absolute atomic E-state index is 12.2. The molecule has 0 fully saturated rings. The number of sulfonamides is 1. The van der Waals surface area contributed by atoms with Gasteiger partial charge in [0.15, 0.2) is 0 Å². The largest absolute Gasteiger partial charge is 0.283 e. The molecule has 106 valence electrons. The van der Waals surface area contributed by atoms with Crippen molar-refractivity contribution in [1.29, 1.82) is 0 Å². The zero-order chi connectivity index (χ0) is 14.8. The minimum absolute atomic E-state index is 0.0719. The highest BCUT2D eigenvalue weighted by atomic mass is 35.5. The molecule has 0 atom stereocenters. The molecule has 0 aliphatic rings. The number of aryl methyl sites for hydroxylation is 2. The van der Waals surface area contributed by atoms with Crippen LogP contribution in [-0.2, 0) is 15.8 Å². The molecule has 0 heterocycles. The summed E-state index contributed by atoms with van der Waals surface area (Å²) in [6.45, 7) is 3.80. The lowest BCUT2D eigenvalue weighted by Gasteiger charge is -2.11. The third kappa shape index (κ3) is 3.99. The standard InChI is InChI=1S/C15H16ClNO2S/c1-11-3-4-12(2)15(9-11)17-20(18,19)10-13-5-7-14(16)8-6-13/h3-9,17H,10H2,1-2H3. The number of hydrogen-bond acceptors (Lipinski definition) is 2. The average Bonchev–Trinajstić information content (AvgIpc) is 2.36. The average molecular weight is 310 g/mol. The lowest BCUT2D eigenvalue weighted by atomic mass is 10.1. The van der Waals surface area contributed by atoms with Gasteiger partial charge in [-0.2, -0.15) is 0 Å². The first-order valence-electron chi connectivity index (χ1n) is 6.18. The van der Waals surface area contributed by atoms with Gasteiger partial charge in [-0.05, 0) is 48.7 Å². The second-order valence-corrected chi connectivity index (χ2v) is 6.96. The highest BCUT2D eigenvalue weighted by Crippen LogP contribution is 2.19. The van der Waals surface area contributed by atoms with Gasteiger partial charge in [0, 0.05) is 5.02 Å². The Morgan fingerprint density at radius 3 is 2.35 bits per heavy atom. The quantitative estimate of drug-likeness (QED) is 0.931. The maximum atomic E-state index is 12.2. The van der Waals surface area contributed by atoms with E-state index in [1.807, 2.05) is 32.0 Å². The van der Waals surface area contributed by atoms with E-state index in [-0.39, 0.29) is 5.75 Å². The minimum Gasteiger partial charge on any atom is -0.283 e. The van der Waals surface area contributed by atoms with E-state index in [1.165, 1.54) is 0 Å². The Morgan fingerprint density at radius 2 is 1.70 bits per heavy atom. The summed E-state index contributed by atoms with van der Waals surface area (Å²) in [4.78, 5) is 0. The molecule has 1 N–H and O–H groups in total. The van der Waals surface area contributed by atoms with E-state index in [4.69, 9.17) is 11.6 Å². The van der Waals surface area contributed by atoms with E-state index in [1.54, 1.807) is 24.3 Å². The van der Waals surface area contributed by atoms with Crippen LogP contribution in [0.4, 0.5) is 5.69 Å². The number of nitrogens with one attached hydrogen (secondary N) is 1. The molecule has 2 aromatic carbocycles. The van der Waals surface area contributed by atoms with Crippen LogP contribution in [0.15, 0.2) is 42.5 Å². The fourth-order valence-corrected chi connectivity index (χ4v) is 3.23. The SMILES string of the molecule is Cc1ccc(C)c(NS(=O)(=O)Cc2ccc(Cl)cc2)c1. The molecule has 2 aromatic rings. The second-order valence-electron chi connectivity index (χ2n) is 4.81. The van der Waals surface area contributed by atoms with Crippen LogP contribution in [0.1, 0.15) is 16.7 Å². The van der Waals surface area contributed by atoms with Crippen molar-refractivity contribution in [2.24, 2.45) is 0 Å². The molecule has 0 radical (unpaired) electrons. The van der Waals surface area contributed by atoms with Crippen molar-refractivity contribution in [2.75, 3.05) is 4.72 Å². The number of anilines is 1. The molecule has 0 aliphatic heterocycles. The lowest BCUT2D eigenvalue weighted by molar-refractivity contribution is 0.600. The monoisotopic (exact) mass is 309 g/mol. The molecule has 0 unspecified atom stereocenters.